The van der Waals surface area contributed by atoms with Gasteiger partial charge in [0, 0.05) is 24.5 Å². The van der Waals surface area contributed by atoms with Gasteiger partial charge in [-0.1, -0.05) is 18.2 Å². The first-order valence-corrected chi connectivity index (χ1v) is 6.25. The standard InChI is InChI=1S/C13H16ClNO/c14-9-11-5-4-8-15(10-11)13(16)12-6-2-1-3-7-12/h1-3,6-7,11H,4-5,8-10H2/t11-/m1/s1. The molecule has 0 N–H and O–H groups in total. The topological polar surface area (TPSA) is 20.3 Å². The van der Waals surface area contributed by atoms with Gasteiger partial charge in [-0.15, -0.1) is 11.6 Å². The van der Waals surface area contributed by atoms with Crippen LogP contribution in [0.25, 0.3) is 0 Å². The molecular formula is C13H16ClNO. The Kier molecular flexibility index (Phi) is 3.83. The average molecular weight is 238 g/mol. The minimum Gasteiger partial charge on any atom is -0.338 e. The van der Waals surface area contributed by atoms with Crippen molar-refractivity contribution in [1.82, 2.24) is 4.90 Å². The first-order chi connectivity index (χ1) is 7.81. The van der Waals surface area contributed by atoms with Gasteiger partial charge in [0.25, 0.3) is 5.91 Å². The van der Waals surface area contributed by atoms with Gasteiger partial charge in [0.15, 0.2) is 0 Å². The molecule has 0 spiro atoms. The lowest BCUT2D eigenvalue weighted by molar-refractivity contribution is 0.0685. The molecule has 0 saturated carbocycles. The number of likely N-dealkylation sites (tertiary alicyclic amines) is 1. The number of benzene rings is 1. The molecule has 1 aliphatic heterocycles. The fraction of sp³-hybridized carbons (Fsp3) is 0.462. The van der Waals surface area contributed by atoms with E-state index in [1.807, 2.05) is 35.2 Å². The monoisotopic (exact) mass is 237 g/mol. The van der Waals surface area contributed by atoms with E-state index in [2.05, 4.69) is 0 Å². The molecule has 3 heteroatoms. The van der Waals surface area contributed by atoms with Crippen LogP contribution in [0.2, 0.25) is 0 Å². The van der Waals surface area contributed by atoms with Gasteiger partial charge in [-0.3, -0.25) is 4.79 Å². The number of hydrogen-bond donors (Lipinski definition) is 0. The van der Waals surface area contributed by atoms with E-state index in [0.29, 0.717) is 11.8 Å². The number of halogens is 1. The van der Waals surface area contributed by atoms with Crippen LogP contribution in [-0.2, 0) is 0 Å². The summed E-state index contributed by atoms with van der Waals surface area (Å²) in [5.74, 6) is 1.25. The second-order valence-corrected chi connectivity index (χ2v) is 4.59. The molecule has 1 atom stereocenters. The highest BCUT2D eigenvalue weighted by atomic mass is 35.5. The molecule has 1 aromatic rings. The summed E-state index contributed by atoms with van der Waals surface area (Å²) in [4.78, 5) is 14.1. The average Bonchev–Trinajstić information content (AvgIpc) is 2.39. The lowest BCUT2D eigenvalue weighted by atomic mass is 9.99. The van der Waals surface area contributed by atoms with Gasteiger partial charge in [-0.25, -0.2) is 0 Å². The lowest BCUT2D eigenvalue weighted by Gasteiger charge is -2.31. The minimum atomic E-state index is 0.135. The van der Waals surface area contributed by atoms with E-state index in [9.17, 15) is 4.79 Å². The minimum absolute atomic E-state index is 0.135. The zero-order valence-electron chi connectivity index (χ0n) is 9.23. The SMILES string of the molecule is O=C(c1ccccc1)N1CCC[C@H](CCl)C1. The van der Waals surface area contributed by atoms with E-state index in [-0.39, 0.29) is 5.91 Å². The van der Waals surface area contributed by atoms with Crippen molar-refractivity contribution in [2.45, 2.75) is 12.8 Å². The third-order valence-electron chi connectivity index (χ3n) is 3.05. The van der Waals surface area contributed by atoms with Crippen molar-refractivity contribution in [3.63, 3.8) is 0 Å². The molecule has 1 amide bonds. The zero-order valence-corrected chi connectivity index (χ0v) is 9.99. The number of carbonyl (C=O) groups is 1. The fourth-order valence-corrected chi connectivity index (χ4v) is 2.39. The maximum Gasteiger partial charge on any atom is 0.253 e. The van der Waals surface area contributed by atoms with Gasteiger partial charge in [0.05, 0.1) is 0 Å². The molecule has 0 radical (unpaired) electrons. The van der Waals surface area contributed by atoms with Crippen molar-refractivity contribution in [3.8, 4) is 0 Å². The molecule has 0 bridgehead atoms. The number of carbonyl (C=O) groups excluding carboxylic acids is 1. The van der Waals surface area contributed by atoms with E-state index < -0.39 is 0 Å². The molecule has 0 aromatic heterocycles. The Morgan fingerprint density at radius 1 is 1.38 bits per heavy atom. The molecule has 86 valence electrons. The molecule has 2 rings (SSSR count). The molecule has 16 heavy (non-hydrogen) atoms. The van der Waals surface area contributed by atoms with Crippen LogP contribution in [-0.4, -0.2) is 29.8 Å². The summed E-state index contributed by atoms with van der Waals surface area (Å²) in [6, 6.07) is 9.46. The van der Waals surface area contributed by atoms with E-state index in [4.69, 9.17) is 11.6 Å². The number of alkyl halides is 1. The lowest BCUT2D eigenvalue weighted by Crippen LogP contribution is -2.40. The van der Waals surface area contributed by atoms with E-state index in [1.54, 1.807) is 0 Å². The molecular weight excluding hydrogens is 222 g/mol. The summed E-state index contributed by atoms with van der Waals surface area (Å²) >= 11 is 5.86. The Labute approximate surface area is 101 Å². The second kappa shape index (κ2) is 5.35. The van der Waals surface area contributed by atoms with E-state index in [1.165, 1.54) is 0 Å². The van der Waals surface area contributed by atoms with Crippen molar-refractivity contribution in [3.05, 3.63) is 35.9 Å². The van der Waals surface area contributed by atoms with Crippen molar-refractivity contribution in [2.24, 2.45) is 5.92 Å². The number of amides is 1. The third-order valence-corrected chi connectivity index (χ3v) is 3.48. The second-order valence-electron chi connectivity index (χ2n) is 4.28. The first-order valence-electron chi connectivity index (χ1n) is 5.71. The highest BCUT2D eigenvalue weighted by Gasteiger charge is 2.23. The van der Waals surface area contributed by atoms with Crippen LogP contribution in [0.5, 0.6) is 0 Å². The summed E-state index contributed by atoms with van der Waals surface area (Å²) in [5.41, 5.74) is 0.776. The van der Waals surface area contributed by atoms with Crippen LogP contribution in [0, 0.1) is 5.92 Å². The van der Waals surface area contributed by atoms with Crippen LogP contribution in [0.4, 0.5) is 0 Å². The van der Waals surface area contributed by atoms with Crippen molar-refractivity contribution in [2.75, 3.05) is 19.0 Å². The number of nitrogens with zero attached hydrogens (tertiary/aromatic N) is 1. The highest BCUT2D eigenvalue weighted by Crippen LogP contribution is 2.19. The molecule has 1 aliphatic rings. The molecule has 1 aromatic carbocycles. The van der Waals surface area contributed by atoms with Gasteiger partial charge in [-0.05, 0) is 30.9 Å². The van der Waals surface area contributed by atoms with E-state index >= 15 is 0 Å². The van der Waals surface area contributed by atoms with Gasteiger partial charge < -0.3 is 4.90 Å². The van der Waals surface area contributed by atoms with Gasteiger partial charge in [0.1, 0.15) is 0 Å². The van der Waals surface area contributed by atoms with Crippen LogP contribution < -0.4 is 0 Å². The number of piperidine rings is 1. The molecule has 0 aliphatic carbocycles. The fourth-order valence-electron chi connectivity index (χ4n) is 2.14. The maximum absolute atomic E-state index is 12.1. The quantitative estimate of drug-likeness (QED) is 0.725. The van der Waals surface area contributed by atoms with Crippen LogP contribution in [0.3, 0.4) is 0 Å². The molecule has 2 nitrogen and oxygen atoms in total. The Morgan fingerprint density at radius 2 is 2.12 bits per heavy atom. The van der Waals surface area contributed by atoms with Crippen LogP contribution in [0.1, 0.15) is 23.2 Å². The molecule has 0 unspecified atom stereocenters. The highest BCUT2D eigenvalue weighted by molar-refractivity contribution is 6.18. The normalized spacial score (nSPS) is 20.8. The van der Waals surface area contributed by atoms with Gasteiger partial charge in [-0.2, -0.15) is 0 Å². The van der Waals surface area contributed by atoms with Gasteiger partial charge in [0.2, 0.25) is 0 Å². The Morgan fingerprint density at radius 3 is 2.81 bits per heavy atom. The molecule has 1 heterocycles. The summed E-state index contributed by atoms with van der Waals surface area (Å²) in [6.45, 7) is 1.67. The maximum atomic E-state index is 12.1. The molecule has 1 fully saturated rings. The van der Waals surface area contributed by atoms with E-state index in [0.717, 1.165) is 31.5 Å². The Bertz CT molecular complexity index is 352. The van der Waals surface area contributed by atoms with Gasteiger partial charge >= 0.3 is 0 Å². The molecule has 1 saturated heterocycles. The first kappa shape index (κ1) is 11.5. The summed E-state index contributed by atoms with van der Waals surface area (Å²) in [7, 11) is 0. The van der Waals surface area contributed by atoms with Crippen LogP contribution >= 0.6 is 11.6 Å². The van der Waals surface area contributed by atoms with Crippen molar-refractivity contribution >= 4 is 17.5 Å². The van der Waals surface area contributed by atoms with Crippen molar-refractivity contribution < 1.29 is 4.79 Å². The predicted molar refractivity (Wildman–Crippen MR) is 65.8 cm³/mol. The summed E-state index contributed by atoms with van der Waals surface area (Å²) in [5, 5.41) is 0. The Balaban J connectivity index is 2.05. The smallest absolute Gasteiger partial charge is 0.253 e. The summed E-state index contributed by atoms with van der Waals surface area (Å²) in [6.07, 6.45) is 2.21. The zero-order chi connectivity index (χ0) is 11.4. The third kappa shape index (κ3) is 2.56. The van der Waals surface area contributed by atoms with Crippen LogP contribution in [0.15, 0.2) is 30.3 Å². The Hall–Kier alpha value is -1.02. The summed E-state index contributed by atoms with van der Waals surface area (Å²) < 4.78 is 0. The number of hydrogen-bond acceptors (Lipinski definition) is 1. The largest absolute Gasteiger partial charge is 0.338 e. The predicted octanol–water partition coefficient (Wildman–Crippen LogP) is 2.78. The number of rotatable bonds is 2. The van der Waals surface area contributed by atoms with Crippen molar-refractivity contribution in [1.29, 1.82) is 0 Å².